The van der Waals surface area contributed by atoms with E-state index < -0.39 is 11.7 Å². The van der Waals surface area contributed by atoms with Gasteiger partial charge in [-0.15, -0.1) is 0 Å². The van der Waals surface area contributed by atoms with Gasteiger partial charge in [-0.05, 0) is 24.2 Å². The van der Waals surface area contributed by atoms with E-state index in [0.29, 0.717) is 12.1 Å². The van der Waals surface area contributed by atoms with E-state index in [1.54, 1.807) is 13.0 Å². The van der Waals surface area contributed by atoms with Crippen molar-refractivity contribution in [2.45, 2.75) is 26.6 Å². The van der Waals surface area contributed by atoms with Crippen molar-refractivity contribution in [3.05, 3.63) is 35.4 Å². The minimum atomic E-state index is -4.36. The number of benzene rings is 1. The molecule has 6 heteroatoms. The molecule has 2 N–H and O–H groups in total. The van der Waals surface area contributed by atoms with Crippen molar-refractivity contribution in [3.8, 4) is 0 Å². The quantitative estimate of drug-likeness (QED) is 0.844. The molecule has 0 radical (unpaired) electrons. The molecule has 1 aromatic rings. The highest BCUT2D eigenvalue weighted by Crippen LogP contribution is 2.29. The van der Waals surface area contributed by atoms with Crippen LogP contribution < -0.4 is 10.6 Å². The number of alkyl halides is 3. The standard InChI is InChI=1S/C14H19F3N2O/c1-3-18-8-10(2)13(20)19-9-11-5-4-6-12(7-11)14(15,16)17/h4-7,10,18H,3,8-9H2,1-2H3,(H,19,20). The van der Waals surface area contributed by atoms with Crippen LogP contribution in [0.2, 0.25) is 0 Å². The Balaban J connectivity index is 2.55. The van der Waals surface area contributed by atoms with Crippen molar-refractivity contribution in [1.82, 2.24) is 10.6 Å². The second kappa shape index (κ2) is 7.28. The number of nitrogens with one attached hydrogen (secondary N) is 2. The fourth-order valence-electron chi connectivity index (χ4n) is 1.67. The molecule has 0 aromatic heterocycles. The maximum atomic E-state index is 12.5. The summed E-state index contributed by atoms with van der Waals surface area (Å²) in [6.07, 6.45) is -4.36. The second-order valence-electron chi connectivity index (χ2n) is 4.62. The van der Waals surface area contributed by atoms with E-state index in [2.05, 4.69) is 10.6 Å². The summed E-state index contributed by atoms with van der Waals surface area (Å²) in [5.74, 6) is -0.399. The summed E-state index contributed by atoms with van der Waals surface area (Å²) in [5, 5.41) is 5.69. The molecule has 3 nitrogen and oxygen atoms in total. The van der Waals surface area contributed by atoms with Crippen molar-refractivity contribution >= 4 is 5.91 Å². The lowest BCUT2D eigenvalue weighted by molar-refractivity contribution is -0.137. The molecule has 1 aromatic carbocycles. The SMILES string of the molecule is CCNCC(C)C(=O)NCc1cccc(C(F)(F)F)c1. The Kier molecular flexibility index (Phi) is 6.01. The number of carbonyl (C=O) groups excluding carboxylic acids is 1. The minimum absolute atomic E-state index is 0.0964. The molecular formula is C14H19F3N2O. The zero-order valence-corrected chi connectivity index (χ0v) is 11.6. The van der Waals surface area contributed by atoms with Crippen LogP contribution in [0.15, 0.2) is 24.3 Å². The molecule has 0 heterocycles. The Bertz CT molecular complexity index is 446. The molecule has 112 valence electrons. The largest absolute Gasteiger partial charge is 0.416 e. The maximum absolute atomic E-state index is 12.5. The van der Waals surface area contributed by atoms with Gasteiger partial charge in [-0.2, -0.15) is 13.2 Å². The zero-order chi connectivity index (χ0) is 15.2. The zero-order valence-electron chi connectivity index (χ0n) is 11.6. The molecule has 0 fully saturated rings. The molecule has 1 rings (SSSR count). The molecule has 20 heavy (non-hydrogen) atoms. The van der Waals surface area contributed by atoms with Crippen LogP contribution in [0, 0.1) is 5.92 Å². The number of hydrogen-bond acceptors (Lipinski definition) is 2. The minimum Gasteiger partial charge on any atom is -0.352 e. The van der Waals surface area contributed by atoms with Gasteiger partial charge >= 0.3 is 6.18 Å². The van der Waals surface area contributed by atoms with E-state index in [1.807, 2.05) is 6.92 Å². The van der Waals surface area contributed by atoms with Crippen LogP contribution in [-0.4, -0.2) is 19.0 Å². The van der Waals surface area contributed by atoms with Gasteiger partial charge < -0.3 is 10.6 Å². The summed E-state index contributed by atoms with van der Waals surface area (Å²) < 4.78 is 37.6. The molecular weight excluding hydrogens is 269 g/mol. The van der Waals surface area contributed by atoms with E-state index >= 15 is 0 Å². The highest BCUT2D eigenvalue weighted by Gasteiger charge is 2.30. The van der Waals surface area contributed by atoms with Gasteiger partial charge in [0.25, 0.3) is 0 Å². The first-order chi connectivity index (χ1) is 9.34. The Morgan fingerprint density at radius 2 is 2.05 bits per heavy atom. The second-order valence-corrected chi connectivity index (χ2v) is 4.62. The number of halogens is 3. The lowest BCUT2D eigenvalue weighted by Gasteiger charge is -2.13. The molecule has 0 aliphatic heterocycles. The third-order valence-corrected chi connectivity index (χ3v) is 2.87. The van der Waals surface area contributed by atoms with E-state index in [1.165, 1.54) is 6.07 Å². The van der Waals surface area contributed by atoms with Crippen LogP contribution in [0.5, 0.6) is 0 Å². The van der Waals surface area contributed by atoms with Crippen LogP contribution in [0.3, 0.4) is 0 Å². The van der Waals surface area contributed by atoms with Crippen molar-refractivity contribution in [1.29, 1.82) is 0 Å². The smallest absolute Gasteiger partial charge is 0.352 e. The fourth-order valence-corrected chi connectivity index (χ4v) is 1.67. The normalized spacial score (nSPS) is 13.1. The van der Waals surface area contributed by atoms with Gasteiger partial charge in [0, 0.05) is 19.0 Å². The molecule has 0 bridgehead atoms. The summed E-state index contributed by atoms with van der Waals surface area (Å²) >= 11 is 0. The first-order valence-corrected chi connectivity index (χ1v) is 6.49. The van der Waals surface area contributed by atoms with Crippen LogP contribution in [0.4, 0.5) is 13.2 Å². The van der Waals surface area contributed by atoms with E-state index in [4.69, 9.17) is 0 Å². The average Bonchev–Trinajstić information content (AvgIpc) is 2.41. The van der Waals surface area contributed by atoms with E-state index in [-0.39, 0.29) is 18.4 Å². The predicted octanol–water partition coefficient (Wildman–Crippen LogP) is 2.57. The van der Waals surface area contributed by atoms with Crippen molar-refractivity contribution in [2.75, 3.05) is 13.1 Å². The van der Waals surface area contributed by atoms with Crippen LogP contribution in [0.1, 0.15) is 25.0 Å². The molecule has 1 atom stereocenters. The Hall–Kier alpha value is -1.56. The lowest BCUT2D eigenvalue weighted by Crippen LogP contribution is -2.34. The van der Waals surface area contributed by atoms with Crippen molar-refractivity contribution < 1.29 is 18.0 Å². The number of hydrogen-bond donors (Lipinski definition) is 2. The van der Waals surface area contributed by atoms with Gasteiger partial charge in [-0.25, -0.2) is 0 Å². The number of rotatable bonds is 6. The summed E-state index contributed by atoms with van der Waals surface area (Å²) in [6.45, 7) is 5.12. The van der Waals surface area contributed by atoms with Gasteiger partial charge in [0.1, 0.15) is 0 Å². The molecule has 1 unspecified atom stereocenters. The third kappa shape index (κ3) is 5.21. The average molecular weight is 288 g/mol. The summed E-state index contributed by atoms with van der Waals surface area (Å²) in [7, 11) is 0. The maximum Gasteiger partial charge on any atom is 0.416 e. The monoisotopic (exact) mass is 288 g/mol. The Morgan fingerprint density at radius 3 is 2.65 bits per heavy atom. The number of amides is 1. The van der Waals surface area contributed by atoms with Gasteiger partial charge in [-0.3, -0.25) is 4.79 Å². The Morgan fingerprint density at radius 1 is 1.35 bits per heavy atom. The summed E-state index contributed by atoms with van der Waals surface area (Å²) in [4.78, 5) is 11.7. The first kappa shape index (κ1) is 16.5. The molecule has 0 saturated carbocycles. The van der Waals surface area contributed by atoms with Crippen LogP contribution in [-0.2, 0) is 17.5 Å². The van der Waals surface area contributed by atoms with E-state index in [0.717, 1.165) is 18.7 Å². The topological polar surface area (TPSA) is 41.1 Å². The van der Waals surface area contributed by atoms with Crippen molar-refractivity contribution in [2.24, 2.45) is 5.92 Å². The van der Waals surface area contributed by atoms with Crippen LogP contribution >= 0.6 is 0 Å². The fraction of sp³-hybridized carbons (Fsp3) is 0.500. The summed E-state index contributed by atoms with van der Waals surface area (Å²) in [6, 6.07) is 4.96. The van der Waals surface area contributed by atoms with Gasteiger partial charge in [-0.1, -0.05) is 26.0 Å². The van der Waals surface area contributed by atoms with Gasteiger partial charge in [0.05, 0.1) is 5.56 Å². The van der Waals surface area contributed by atoms with Gasteiger partial charge in [0.15, 0.2) is 0 Å². The predicted molar refractivity (Wildman–Crippen MR) is 71.0 cm³/mol. The van der Waals surface area contributed by atoms with Crippen molar-refractivity contribution in [3.63, 3.8) is 0 Å². The summed E-state index contributed by atoms with van der Waals surface area (Å²) in [5.41, 5.74) is -0.270. The molecule has 0 saturated heterocycles. The molecule has 0 aliphatic rings. The lowest BCUT2D eigenvalue weighted by atomic mass is 10.1. The molecule has 0 spiro atoms. The van der Waals surface area contributed by atoms with E-state index in [9.17, 15) is 18.0 Å². The molecule has 0 aliphatic carbocycles. The highest BCUT2D eigenvalue weighted by atomic mass is 19.4. The van der Waals surface area contributed by atoms with Gasteiger partial charge in [0.2, 0.25) is 5.91 Å². The highest BCUT2D eigenvalue weighted by molar-refractivity contribution is 5.78. The first-order valence-electron chi connectivity index (χ1n) is 6.49. The Labute approximate surface area is 116 Å². The molecule has 1 amide bonds. The number of carbonyl (C=O) groups is 1. The third-order valence-electron chi connectivity index (χ3n) is 2.87. The van der Waals surface area contributed by atoms with Crippen LogP contribution in [0.25, 0.3) is 0 Å².